The molecule has 2 rings (SSSR count). The molecule has 0 radical (unpaired) electrons. The second-order valence-corrected chi connectivity index (χ2v) is 7.16. The maximum atomic E-state index is 12.6. The summed E-state index contributed by atoms with van der Waals surface area (Å²) in [5, 5.41) is 4.14. The molecule has 1 aromatic heterocycles. The van der Waals surface area contributed by atoms with Crippen molar-refractivity contribution in [3.8, 4) is 0 Å². The maximum Gasteiger partial charge on any atom is 0.267 e. The van der Waals surface area contributed by atoms with Crippen LogP contribution in [0.5, 0.6) is 0 Å². The summed E-state index contributed by atoms with van der Waals surface area (Å²) in [6.07, 6.45) is 0. The molecular formula is C13H21ClN4OS. The van der Waals surface area contributed by atoms with Crippen LogP contribution in [0.1, 0.15) is 36.1 Å². The van der Waals surface area contributed by atoms with Crippen molar-refractivity contribution in [2.75, 3.05) is 38.6 Å². The van der Waals surface area contributed by atoms with Gasteiger partial charge in [0.1, 0.15) is 4.88 Å². The van der Waals surface area contributed by atoms with E-state index in [0.29, 0.717) is 10.8 Å². The predicted octanol–water partition coefficient (Wildman–Crippen LogP) is 1.83. The van der Waals surface area contributed by atoms with Gasteiger partial charge in [-0.25, -0.2) is 0 Å². The maximum absolute atomic E-state index is 12.6. The van der Waals surface area contributed by atoms with Gasteiger partial charge >= 0.3 is 0 Å². The predicted molar refractivity (Wildman–Crippen MR) is 81.7 cm³/mol. The first-order valence-electron chi connectivity index (χ1n) is 6.84. The molecule has 0 spiro atoms. The lowest BCUT2D eigenvalue weighted by molar-refractivity contribution is 0.0646. The van der Waals surface area contributed by atoms with Gasteiger partial charge in [-0.3, -0.25) is 9.69 Å². The van der Waals surface area contributed by atoms with Crippen LogP contribution in [-0.4, -0.2) is 63.9 Å². The number of carbonyl (C=O) groups is 1. The molecule has 1 fully saturated rings. The van der Waals surface area contributed by atoms with Crippen molar-refractivity contribution in [1.29, 1.82) is 0 Å². The number of piperazine rings is 1. The zero-order valence-electron chi connectivity index (χ0n) is 12.2. The normalized spacial score (nSPS) is 17.5. The average Bonchev–Trinajstić information content (AvgIpc) is 2.88. The monoisotopic (exact) mass is 316 g/mol. The Balaban J connectivity index is 2.05. The van der Waals surface area contributed by atoms with Gasteiger partial charge in [-0.15, -0.1) is 16.7 Å². The van der Waals surface area contributed by atoms with E-state index in [0.717, 1.165) is 38.4 Å². The van der Waals surface area contributed by atoms with Crippen LogP contribution in [0.25, 0.3) is 0 Å². The fourth-order valence-corrected chi connectivity index (χ4v) is 3.34. The minimum Gasteiger partial charge on any atom is -0.335 e. The number of hydrogen-bond acceptors (Lipinski definition) is 5. The average molecular weight is 317 g/mol. The van der Waals surface area contributed by atoms with Crippen molar-refractivity contribution in [2.45, 2.75) is 26.2 Å². The molecule has 20 heavy (non-hydrogen) atoms. The van der Waals surface area contributed by atoms with Crippen LogP contribution in [0.3, 0.4) is 0 Å². The van der Waals surface area contributed by atoms with Gasteiger partial charge in [-0.1, -0.05) is 25.3 Å². The third-order valence-electron chi connectivity index (χ3n) is 3.45. The molecule has 7 heteroatoms. The molecule has 0 aliphatic carbocycles. The van der Waals surface area contributed by atoms with Crippen molar-refractivity contribution >= 4 is 29.0 Å². The fraction of sp³-hybridized carbons (Fsp3) is 0.769. The molecule has 1 aliphatic heterocycles. The Morgan fingerprint density at radius 3 is 2.50 bits per heavy atom. The lowest BCUT2D eigenvalue weighted by Gasteiger charge is -2.34. The third-order valence-corrected chi connectivity index (χ3v) is 4.34. The van der Waals surface area contributed by atoms with E-state index in [9.17, 15) is 4.79 Å². The number of nitrogens with zero attached hydrogens (tertiary/aromatic N) is 4. The molecule has 2 heterocycles. The summed E-state index contributed by atoms with van der Waals surface area (Å²) in [6.45, 7) is 10.3. The van der Waals surface area contributed by atoms with Gasteiger partial charge in [0, 0.05) is 44.0 Å². The number of alkyl halides is 1. The van der Waals surface area contributed by atoms with Crippen LogP contribution in [0, 0.1) is 0 Å². The highest BCUT2D eigenvalue weighted by Crippen LogP contribution is 2.27. The summed E-state index contributed by atoms with van der Waals surface area (Å²) in [6, 6.07) is 0. The van der Waals surface area contributed by atoms with Gasteiger partial charge in [0.15, 0.2) is 0 Å². The number of hydrogen-bond donors (Lipinski definition) is 0. The van der Waals surface area contributed by atoms with E-state index >= 15 is 0 Å². The highest BCUT2D eigenvalue weighted by atomic mass is 35.5. The first kappa shape index (κ1) is 15.7. The molecular weight excluding hydrogens is 296 g/mol. The standard InChI is InChI=1S/C13H21ClN4OS/c1-13(2,3)11-10(20-16-15-11)12(19)18-8-6-17(5-4-14)7-9-18/h4-9H2,1-3H3. The fourth-order valence-electron chi connectivity index (χ4n) is 2.26. The van der Waals surface area contributed by atoms with Crippen molar-refractivity contribution in [3.05, 3.63) is 10.6 Å². The Hall–Kier alpha value is -0.720. The van der Waals surface area contributed by atoms with E-state index in [1.165, 1.54) is 11.5 Å². The van der Waals surface area contributed by atoms with E-state index in [1.807, 2.05) is 4.90 Å². The highest BCUT2D eigenvalue weighted by Gasteiger charge is 2.30. The molecule has 112 valence electrons. The van der Waals surface area contributed by atoms with Crippen LogP contribution < -0.4 is 0 Å². The van der Waals surface area contributed by atoms with Crippen molar-refractivity contribution in [1.82, 2.24) is 19.4 Å². The zero-order valence-corrected chi connectivity index (χ0v) is 13.8. The Bertz CT molecular complexity index is 463. The first-order valence-corrected chi connectivity index (χ1v) is 8.14. The number of amides is 1. The third kappa shape index (κ3) is 3.48. The Morgan fingerprint density at radius 1 is 1.30 bits per heavy atom. The summed E-state index contributed by atoms with van der Waals surface area (Å²) in [5.41, 5.74) is 0.647. The summed E-state index contributed by atoms with van der Waals surface area (Å²) in [4.78, 5) is 17.5. The van der Waals surface area contributed by atoms with Crippen molar-refractivity contribution < 1.29 is 4.79 Å². The lowest BCUT2D eigenvalue weighted by atomic mass is 9.91. The largest absolute Gasteiger partial charge is 0.335 e. The Labute approximate surface area is 129 Å². The molecule has 1 saturated heterocycles. The quantitative estimate of drug-likeness (QED) is 0.798. The van der Waals surface area contributed by atoms with E-state index in [2.05, 4.69) is 35.3 Å². The van der Waals surface area contributed by atoms with Gasteiger partial charge in [-0.2, -0.15) is 0 Å². The smallest absolute Gasteiger partial charge is 0.267 e. The molecule has 0 bridgehead atoms. The van der Waals surface area contributed by atoms with Gasteiger partial charge in [-0.05, 0) is 11.5 Å². The highest BCUT2D eigenvalue weighted by molar-refractivity contribution is 7.08. The molecule has 0 N–H and O–H groups in total. The van der Waals surface area contributed by atoms with E-state index in [1.54, 1.807) is 0 Å². The molecule has 0 saturated carbocycles. The number of carbonyl (C=O) groups excluding carboxylic acids is 1. The summed E-state index contributed by atoms with van der Waals surface area (Å²) >= 11 is 6.95. The van der Waals surface area contributed by atoms with E-state index in [4.69, 9.17) is 11.6 Å². The zero-order chi connectivity index (χ0) is 14.8. The van der Waals surface area contributed by atoms with Crippen molar-refractivity contribution in [3.63, 3.8) is 0 Å². The van der Waals surface area contributed by atoms with E-state index < -0.39 is 0 Å². The van der Waals surface area contributed by atoms with Crippen LogP contribution in [0.2, 0.25) is 0 Å². The summed E-state index contributed by atoms with van der Waals surface area (Å²) in [5.74, 6) is 0.705. The number of aromatic nitrogens is 2. The molecule has 1 aliphatic rings. The second kappa shape index (κ2) is 6.37. The van der Waals surface area contributed by atoms with Crippen molar-refractivity contribution in [2.24, 2.45) is 0 Å². The van der Waals surface area contributed by atoms with Crippen LogP contribution in [-0.2, 0) is 5.41 Å². The second-order valence-electron chi connectivity index (χ2n) is 6.02. The Morgan fingerprint density at radius 2 is 1.95 bits per heavy atom. The first-order chi connectivity index (χ1) is 9.43. The SMILES string of the molecule is CC(C)(C)c1nnsc1C(=O)N1CCN(CCCl)CC1. The molecule has 5 nitrogen and oxygen atoms in total. The molecule has 1 amide bonds. The van der Waals surface area contributed by atoms with E-state index in [-0.39, 0.29) is 11.3 Å². The number of halogens is 1. The minimum atomic E-state index is -0.154. The molecule has 0 atom stereocenters. The van der Waals surface area contributed by atoms with Gasteiger partial charge in [0.05, 0.1) is 5.69 Å². The molecule has 0 aromatic carbocycles. The van der Waals surface area contributed by atoms with Crippen LogP contribution >= 0.6 is 23.1 Å². The van der Waals surface area contributed by atoms with Gasteiger partial charge in [0.25, 0.3) is 5.91 Å². The van der Waals surface area contributed by atoms with Crippen LogP contribution in [0.15, 0.2) is 0 Å². The summed E-state index contributed by atoms with van der Waals surface area (Å²) < 4.78 is 3.97. The van der Waals surface area contributed by atoms with Crippen LogP contribution in [0.4, 0.5) is 0 Å². The molecule has 1 aromatic rings. The van der Waals surface area contributed by atoms with Gasteiger partial charge < -0.3 is 4.90 Å². The lowest BCUT2D eigenvalue weighted by Crippen LogP contribution is -2.49. The number of rotatable bonds is 3. The molecule has 0 unspecified atom stereocenters. The topological polar surface area (TPSA) is 49.3 Å². The minimum absolute atomic E-state index is 0.0652. The summed E-state index contributed by atoms with van der Waals surface area (Å²) in [7, 11) is 0. The van der Waals surface area contributed by atoms with Gasteiger partial charge in [0.2, 0.25) is 0 Å². The Kier molecular flexibility index (Phi) is 4.99.